The Kier molecular flexibility index (Phi) is 8.24. The van der Waals surface area contributed by atoms with Gasteiger partial charge in [0.25, 0.3) is 5.91 Å². The molecule has 10 heteroatoms. The highest BCUT2D eigenvalue weighted by atomic mass is 35.5. The summed E-state index contributed by atoms with van der Waals surface area (Å²) in [6.07, 6.45) is 3.58. The molecule has 1 amide bonds. The third-order valence-corrected chi connectivity index (χ3v) is 7.29. The number of nitrogens with two attached hydrogens (primary N) is 1. The minimum Gasteiger partial charge on any atom is -0.331 e. The van der Waals surface area contributed by atoms with Crippen molar-refractivity contribution in [2.24, 2.45) is 5.73 Å². The molecule has 2 N–H and O–H groups in total. The first kappa shape index (κ1) is 26.4. The monoisotopic (exact) mass is 525 g/mol. The molecule has 0 bridgehead atoms. The molecular formula is C24H27Cl3FN5O. The number of carbonyl (C=O) groups excluding carboxylic acids is 1. The molecule has 5 rings (SSSR count). The number of hydrogen-bond acceptors (Lipinski definition) is 4. The molecule has 1 fully saturated rings. The summed E-state index contributed by atoms with van der Waals surface area (Å²) in [6.45, 7) is 1.78. The van der Waals surface area contributed by atoms with Gasteiger partial charge in [0.05, 0.1) is 0 Å². The summed E-state index contributed by atoms with van der Waals surface area (Å²) in [4.78, 5) is 15.2. The number of hydrogen-bond donors (Lipinski definition) is 1. The number of carbonyl (C=O) groups is 1. The molecule has 6 nitrogen and oxygen atoms in total. The van der Waals surface area contributed by atoms with Gasteiger partial charge in [-0.15, -0.1) is 35.0 Å². The highest BCUT2D eigenvalue weighted by Gasteiger charge is 2.40. The number of aromatic nitrogens is 3. The van der Waals surface area contributed by atoms with Gasteiger partial charge in [0.15, 0.2) is 5.82 Å². The summed E-state index contributed by atoms with van der Waals surface area (Å²) >= 11 is 6.23. The second-order valence-corrected chi connectivity index (χ2v) is 9.17. The van der Waals surface area contributed by atoms with Crippen molar-refractivity contribution in [3.05, 3.63) is 70.8 Å². The van der Waals surface area contributed by atoms with E-state index in [2.05, 4.69) is 16.3 Å². The molecular weight excluding hydrogens is 500 g/mol. The Hall–Kier alpha value is -2.19. The van der Waals surface area contributed by atoms with Crippen LogP contribution in [0.15, 0.2) is 48.5 Å². The molecule has 0 saturated heterocycles. The Morgan fingerprint density at radius 1 is 1.03 bits per heavy atom. The van der Waals surface area contributed by atoms with Crippen molar-refractivity contribution in [3.63, 3.8) is 0 Å². The molecule has 1 aromatic heterocycles. The fourth-order valence-corrected chi connectivity index (χ4v) is 5.36. The predicted octanol–water partition coefficient (Wildman–Crippen LogP) is 4.88. The first-order chi connectivity index (χ1) is 15.5. The van der Waals surface area contributed by atoms with Crippen molar-refractivity contribution >= 4 is 42.3 Å². The second kappa shape index (κ2) is 10.6. The van der Waals surface area contributed by atoms with Crippen molar-refractivity contribution < 1.29 is 9.18 Å². The third-order valence-electron chi connectivity index (χ3n) is 7.05. The van der Waals surface area contributed by atoms with Gasteiger partial charge in [-0.1, -0.05) is 23.7 Å². The van der Waals surface area contributed by atoms with Crippen molar-refractivity contribution in [2.75, 3.05) is 13.1 Å². The summed E-state index contributed by atoms with van der Waals surface area (Å²) < 4.78 is 15.1. The number of amides is 1. The Morgan fingerprint density at radius 2 is 1.71 bits per heavy atom. The van der Waals surface area contributed by atoms with Crippen LogP contribution in [-0.2, 0) is 12.0 Å². The standard InChI is InChI=1S/C24H25ClFN5O.2ClH/c25-18-3-1-2-17(14-18)24(15-27)10-8-20(9-11-24)30-12-13-31-21(28-29-22(31)23(30)32)16-4-6-19(26)7-5-16;;/h1-7,14,20H,8-13,15,27H2;2*1H/t20-,24-;;. The fourth-order valence-electron chi connectivity index (χ4n) is 5.17. The Morgan fingerprint density at radius 3 is 2.35 bits per heavy atom. The zero-order valence-electron chi connectivity index (χ0n) is 18.5. The van der Waals surface area contributed by atoms with E-state index < -0.39 is 0 Å². The van der Waals surface area contributed by atoms with E-state index in [1.807, 2.05) is 27.7 Å². The Bertz CT molecular complexity index is 1150. The molecule has 2 heterocycles. The molecule has 182 valence electrons. The van der Waals surface area contributed by atoms with Gasteiger partial charge in [0.1, 0.15) is 5.82 Å². The molecule has 0 spiro atoms. The Balaban J connectivity index is 0.00000162. The highest BCUT2D eigenvalue weighted by Crippen LogP contribution is 2.41. The molecule has 0 unspecified atom stereocenters. The van der Waals surface area contributed by atoms with Crippen LogP contribution in [0.25, 0.3) is 11.4 Å². The van der Waals surface area contributed by atoms with Crippen molar-refractivity contribution in [1.82, 2.24) is 19.7 Å². The van der Waals surface area contributed by atoms with Crippen LogP contribution >= 0.6 is 36.4 Å². The van der Waals surface area contributed by atoms with Gasteiger partial charge in [-0.25, -0.2) is 4.39 Å². The minimum atomic E-state index is -0.307. The van der Waals surface area contributed by atoms with E-state index >= 15 is 0 Å². The summed E-state index contributed by atoms with van der Waals surface area (Å²) in [7, 11) is 0. The molecule has 3 aromatic rings. The van der Waals surface area contributed by atoms with Crippen LogP contribution in [0.1, 0.15) is 41.9 Å². The van der Waals surface area contributed by atoms with Crippen LogP contribution in [0, 0.1) is 5.82 Å². The lowest BCUT2D eigenvalue weighted by Crippen LogP contribution is -2.50. The fraction of sp³-hybridized carbons (Fsp3) is 0.375. The quantitative estimate of drug-likeness (QED) is 0.526. The lowest BCUT2D eigenvalue weighted by Gasteiger charge is -2.44. The predicted molar refractivity (Wildman–Crippen MR) is 135 cm³/mol. The van der Waals surface area contributed by atoms with Gasteiger partial charge in [0.2, 0.25) is 5.82 Å². The average Bonchev–Trinajstić information content (AvgIpc) is 3.25. The van der Waals surface area contributed by atoms with Crippen LogP contribution in [-0.4, -0.2) is 44.7 Å². The SMILES string of the molecule is Cl.Cl.NC[C@]1(c2cccc(Cl)c2)CC[C@H](N2CCn3c(nnc3-c3ccc(F)cc3)C2=O)CC1. The van der Waals surface area contributed by atoms with Crippen molar-refractivity contribution in [2.45, 2.75) is 43.7 Å². The van der Waals surface area contributed by atoms with E-state index in [9.17, 15) is 9.18 Å². The zero-order valence-corrected chi connectivity index (χ0v) is 20.9. The zero-order chi connectivity index (χ0) is 22.3. The summed E-state index contributed by atoms with van der Waals surface area (Å²) in [5, 5.41) is 9.13. The first-order valence-electron chi connectivity index (χ1n) is 11.0. The smallest absolute Gasteiger partial charge is 0.292 e. The van der Waals surface area contributed by atoms with Crippen LogP contribution in [0.2, 0.25) is 5.02 Å². The highest BCUT2D eigenvalue weighted by molar-refractivity contribution is 6.30. The van der Waals surface area contributed by atoms with Crippen LogP contribution in [0.3, 0.4) is 0 Å². The number of halogens is 4. The van der Waals surface area contributed by atoms with Gasteiger partial charge in [-0.3, -0.25) is 4.79 Å². The van der Waals surface area contributed by atoms with Crippen LogP contribution < -0.4 is 5.73 Å². The molecule has 2 aliphatic rings. The van der Waals surface area contributed by atoms with Crippen LogP contribution in [0.5, 0.6) is 0 Å². The van der Waals surface area contributed by atoms with Gasteiger partial charge in [-0.2, -0.15) is 0 Å². The molecule has 34 heavy (non-hydrogen) atoms. The second-order valence-electron chi connectivity index (χ2n) is 8.73. The summed E-state index contributed by atoms with van der Waals surface area (Å²) in [5.41, 5.74) is 8.06. The van der Waals surface area contributed by atoms with E-state index in [1.165, 1.54) is 17.7 Å². The molecule has 0 atom stereocenters. The van der Waals surface area contributed by atoms with E-state index in [0.717, 1.165) is 36.3 Å². The van der Waals surface area contributed by atoms with Gasteiger partial charge in [-0.05, 0) is 67.6 Å². The lowest BCUT2D eigenvalue weighted by atomic mass is 9.68. The van der Waals surface area contributed by atoms with E-state index in [0.29, 0.717) is 31.3 Å². The minimum absolute atomic E-state index is 0. The largest absolute Gasteiger partial charge is 0.331 e. The summed E-state index contributed by atoms with van der Waals surface area (Å²) in [5.74, 6) is 0.545. The van der Waals surface area contributed by atoms with E-state index in [-0.39, 0.29) is 48.0 Å². The Labute approximate surface area is 215 Å². The van der Waals surface area contributed by atoms with Crippen molar-refractivity contribution in [3.8, 4) is 11.4 Å². The number of rotatable bonds is 4. The maximum Gasteiger partial charge on any atom is 0.292 e. The molecule has 1 aliphatic carbocycles. The lowest BCUT2D eigenvalue weighted by molar-refractivity contribution is 0.0523. The average molecular weight is 527 g/mol. The maximum atomic E-state index is 13.3. The topological polar surface area (TPSA) is 77.0 Å². The van der Waals surface area contributed by atoms with E-state index in [1.54, 1.807) is 12.1 Å². The van der Waals surface area contributed by atoms with Gasteiger partial charge >= 0.3 is 0 Å². The van der Waals surface area contributed by atoms with Crippen molar-refractivity contribution in [1.29, 1.82) is 0 Å². The van der Waals surface area contributed by atoms with Gasteiger partial charge in [0, 0.05) is 41.7 Å². The summed E-state index contributed by atoms with van der Waals surface area (Å²) in [6, 6.07) is 14.2. The number of nitrogens with zero attached hydrogens (tertiary/aromatic N) is 4. The maximum absolute atomic E-state index is 13.3. The first-order valence-corrected chi connectivity index (χ1v) is 11.3. The van der Waals surface area contributed by atoms with Gasteiger partial charge < -0.3 is 15.2 Å². The molecule has 2 aromatic carbocycles. The number of benzene rings is 2. The third kappa shape index (κ3) is 4.67. The molecule has 1 aliphatic heterocycles. The van der Waals surface area contributed by atoms with E-state index in [4.69, 9.17) is 17.3 Å². The number of fused-ring (bicyclic) bond motifs is 1. The molecule has 1 saturated carbocycles. The normalized spacial score (nSPS) is 21.9. The van der Waals surface area contributed by atoms with Crippen LogP contribution in [0.4, 0.5) is 4.39 Å². The molecule has 0 radical (unpaired) electrons.